The summed E-state index contributed by atoms with van der Waals surface area (Å²) in [5.41, 5.74) is 3.65. The van der Waals surface area contributed by atoms with Crippen molar-refractivity contribution in [1.82, 2.24) is 9.78 Å². The van der Waals surface area contributed by atoms with Crippen LogP contribution < -0.4 is 10.1 Å². The first-order valence-corrected chi connectivity index (χ1v) is 10.2. The fourth-order valence-corrected chi connectivity index (χ4v) is 3.93. The molecule has 7 heteroatoms. The Kier molecular flexibility index (Phi) is 5.35. The van der Waals surface area contributed by atoms with E-state index in [2.05, 4.69) is 10.4 Å². The van der Waals surface area contributed by atoms with Gasteiger partial charge in [-0.15, -0.1) is 0 Å². The Balaban J connectivity index is 1.75. The van der Waals surface area contributed by atoms with E-state index in [0.717, 1.165) is 16.8 Å². The average Bonchev–Trinajstić information content (AvgIpc) is 3.06. The van der Waals surface area contributed by atoms with Gasteiger partial charge in [-0.2, -0.15) is 5.10 Å². The third-order valence-electron chi connectivity index (χ3n) is 5.27. The van der Waals surface area contributed by atoms with Gasteiger partial charge in [-0.05, 0) is 62.7 Å². The van der Waals surface area contributed by atoms with Crippen molar-refractivity contribution < 1.29 is 14.3 Å². The van der Waals surface area contributed by atoms with E-state index in [1.165, 1.54) is 0 Å². The van der Waals surface area contributed by atoms with Crippen LogP contribution in [0.1, 0.15) is 46.4 Å². The van der Waals surface area contributed by atoms with Crippen LogP contribution in [0.2, 0.25) is 5.02 Å². The molecule has 0 unspecified atom stereocenters. The minimum Gasteiger partial charge on any atom is -0.494 e. The molecule has 2 aromatic carbocycles. The summed E-state index contributed by atoms with van der Waals surface area (Å²) in [5.74, 6) is 0.301. The zero-order valence-electron chi connectivity index (χ0n) is 17.0. The van der Waals surface area contributed by atoms with Crippen LogP contribution in [-0.4, -0.2) is 28.1 Å². The minimum absolute atomic E-state index is 0.0836. The summed E-state index contributed by atoms with van der Waals surface area (Å²) in [6, 6.07) is 12.6. The number of Topliss-reactive ketones (excluding diaryl/α,β-unsaturated/α-hetero) is 1. The number of halogens is 1. The molecule has 0 radical (unpaired) electrons. The van der Waals surface area contributed by atoms with E-state index < -0.39 is 5.92 Å². The average molecular weight is 424 g/mol. The standard InChI is InChI=1S/C23H22ClN3O3/c1-4-30-17-9-6-15(7-10-17)22(29)18-12-20(28)25-23-21(18)14(3)26-27(23)16-8-5-13(2)19(24)11-16/h5-11,18H,4,12H2,1-3H3,(H,25,28)/t18-/m0/s1. The number of hydrogen-bond donors (Lipinski definition) is 1. The van der Waals surface area contributed by atoms with E-state index >= 15 is 0 Å². The second-order valence-corrected chi connectivity index (χ2v) is 7.73. The number of rotatable bonds is 5. The zero-order valence-corrected chi connectivity index (χ0v) is 17.8. The lowest BCUT2D eigenvalue weighted by Crippen LogP contribution is -2.28. The van der Waals surface area contributed by atoms with Gasteiger partial charge in [0, 0.05) is 22.6 Å². The minimum atomic E-state index is -0.596. The number of carbonyl (C=O) groups excluding carboxylic acids is 2. The van der Waals surface area contributed by atoms with Gasteiger partial charge in [0.1, 0.15) is 11.6 Å². The van der Waals surface area contributed by atoms with Crippen molar-refractivity contribution >= 4 is 29.1 Å². The molecule has 1 amide bonds. The van der Waals surface area contributed by atoms with Crippen LogP contribution in [0.15, 0.2) is 42.5 Å². The molecule has 0 saturated carbocycles. The lowest BCUT2D eigenvalue weighted by atomic mass is 9.85. The molecule has 1 aliphatic heterocycles. The van der Waals surface area contributed by atoms with Gasteiger partial charge in [0.25, 0.3) is 0 Å². The summed E-state index contributed by atoms with van der Waals surface area (Å²) >= 11 is 6.28. The molecule has 6 nitrogen and oxygen atoms in total. The van der Waals surface area contributed by atoms with E-state index in [0.29, 0.717) is 34.5 Å². The molecule has 0 spiro atoms. The molecule has 0 bridgehead atoms. The Labute approximate surface area is 179 Å². The van der Waals surface area contributed by atoms with Crippen molar-refractivity contribution in [2.45, 2.75) is 33.1 Å². The van der Waals surface area contributed by atoms with E-state index in [1.807, 2.05) is 32.9 Å². The third-order valence-corrected chi connectivity index (χ3v) is 5.68. The maximum atomic E-state index is 13.3. The van der Waals surface area contributed by atoms with E-state index in [1.54, 1.807) is 35.0 Å². The van der Waals surface area contributed by atoms with E-state index in [4.69, 9.17) is 16.3 Å². The molecule has 1 N–H and O–H groups in total. The number of nitrogens with zero attached hydrogens (tertiary/aromatic N) is 2. The monoisotopic (exact) mass is 423 g/mol. The van der Waals surface area contributed by atoms with Gasteiger partial charge >= 0.3 is 0 Å². The van der Waals surface area contributed by atoms with Gasteiger partial charge in [0.15, 0.2) is 5.78 Å². The largest absolute Gasteiger partial charge is 0.494 e. The lowest BCUT2D eigenvalue weighted by Gasteiger charge is -2.23. The predicted molar refractivity (Wildman–Crippen MR) is 116 cm³/mol. The highest BCUT2D eigenvalue weighted by Gasteiger charge is 2.36. The number of anilines is 1. The number of ether oxygens (including phenoxy) is 1. The highest BCUT2D eigenvalue weighted by Crippen LogP contribution is 2.38. The molecular weight excluding hydrogens is 402 g/mol. The molecule has 154 valence electrons. The Morgan fingerprint density at radius 2 is 1.97 bits per heavy atom. The van der Waals surface area contributed by atoms with E-state index in [9.17, 15) is 9.59 Å². The molecule has 30 heavy (non-hydrogen) atoms. The summed E-state index contributed by atoms with van der Waals surface area (Å²) in [7, 11) is 0. The highest BCUT2D eigenvalue weighted by atomic mass is 35.5. The first-order valence-electron chi connectivity index (χ1n) is 9.82. The fraction of sp³-hybridized carbons (Fsp3) is 0.261. The van der Waals surface area contributed by atoms with Crippen LogP contribution >= 0.6 is 11.6 Å². The van der Waals surface area contributed by atoms with Gasteiger partial charge in [0.2, 0.25) is 5.91 Å². The molecule has 1 aliphatic rings. The summed E-state index contributed by atoms with van der Waals surface area (Å²) in [5, 5.41) is 8.10. The number of hydrogen-bond acceptors (Lipinski definition) is 4. The fourth-order valence-electron chi connectivity index (χ4n) is 3.75. The first-order chi connectivity index (χ1) is 14.4. The van der Waals surface area contributed by atoms with Crippen LogP contribution in [0.25, 0.3) is 5.69 Å². The van der Waals surface area contributed by atoms with Crippen molar-refractivity contribution in [1.29, 1.82) is 0 Å². The van der Waals surface area contributed by atoms with Gasteiger partial charge in [-0.1, -0.05) is 17.7 Å². The third kappa shape index (κ3) is 3.59. The van der Waals surface area contributed by atoms with Crippen molar-refractivity contribution in [3.8, 4) is 11.4 Å². The number of nitrogens with one attached hydrogen (secondary N) is 1. The Morgan fingerprint density at radius 1 is 1.23 bits per heavy atom. The summed E-state index contributed by atoms with van der Waals surface area (Å²) in [6.45, 7) is 6.23. The van der Waals surface area contributed by atoms with Crippen molar-refractivity contribution in [3.63, 3.8) is 0 Å². The molecule has 1 aromatic heterocycles. The molecule has 0 fully saturated rings. The Hall–Kier alpha value is -3.12. The molecular formula is C23H22ClN3O3. The van der Waals surface area contributed by atoms with Gasteiger partial charge in [-0.3, -0.25) is 9.59 Å². The quantitative estimate of drug-likeness (QED) is 0.595. The van der Waals surface area contributed by atoms with Crippen molar-refractivity contribution in [2.24, 2.45) is 0 Å². The number of aryl methyl sites for hydroxylation is 2. The molecule has 1 atom stereocenters. The Bertz CT molecular complexity index is 1140. The van der Waals surface area contributed by atoms with Crippen LogP contribution in [0.3, 0.4) is 0 Å². The molecule has 4 rings (SSSR count). The van der Waals surface area contributed by atoms with Crippen LogP contribution in [0.4, 0.5) is 5.82 Å². The number of aromatic nitrogens is 2. The lowest BCUT2D eigenvalue weighted by molar-refractivity contribution is -0.116. The van der Waals surface area contributed by atoms with Crippen molar-refractivity contribution in [3.05, 3.63) is 69.9 Å². The number of carbonyl (C=O) groups is 2. The second kappa shape index (κ2) is 7.95. The topological polar surface area (TPSA) is 73.2 Å². The predicted octanol–water partition coefficient (Wildman–Crippen LogP) is 4.85. The van der Waals surface area contributed by atoms with Gasteiger partial charge in [-0.25, -0.2) is 4.68 Å². The van der Waals surface area contributed by atoms with Gasteiger partial charge in [0.05, 0.1) is 23.9 Å². The molecule has 3 aromatic rings. The van der Waals surface area contributed by atoms with Crippen LogP contribution in [0, 0.1) is 13.8 Å². The maximum absolute atomic E-state index is 13.3. The second-order valence-electron chi connectivity index (χ2n) is 7.32. The molecule has 0 aliphatic carbocycles. The summed E-state index contributed by atoms with van der Waals surface area (Å²) < 4.78 is 7.09. The van der Waals surface area contributed by atoms with Gasteiger partial charge < -0.3 is 10.1 Å². The normalized spacial score (nSPS) is 15.5. The van der Waals surface area contributed by atoms with Crippen LogP contribution in [0.5, 0.6) is 5.75 Å². The summed E-state index contributed by atoms with van der Waals surface area (Å²) in [4.78, 5) is 25.8. The number of amides is 1. The molecule has 2 heterocycles. The Morgan fingerprint density at radius 3 is 2.63 bits per heavy atom. The highest BCUT2D eigenvalue weighted by molar-refractivity contribution is 6.31. The summed E-state index contributed by atoms with van der Waals surface area (Å²) in [6.07, 6.45) is 0.0836. The smallest absolute Gasteiger partial charge is 0.226 e. The number of benzene rings is 2. The van der Waals surface area contributed by atoms with Crippen molar-refractivity contribution in [2.75, 3.05) is 11.9 Å². The maximum Gasteiger partial charge on any atom is 0.226 e. The van der Waals surface area contributed by atoms with E-state index in [-0.39, 0.29) is 18.1 Å². The SMILES string of the molecule is CCOc1ccc(C(=O)[C@H]2CC(=O)Nc3c2c(C)nn3-c2ccc(C)c(Cl)c2)cc1. The first kappa shape index (κ1) is 20.2. The number of ketones is 1. The zero-order chi connectivity index (χ0) is 21.4. The van der Waals surface area contributed by atoms with Crippen LogP contribution in [-0.2, 0) is 4.79 Å². The number of fused-ring (bicyclic) bond motifs is 1. The molecule has 0 saturated heterocycles.